The number of benzene rings is 1. The Labute approximate surface area is 144 Å². The van der Waals surface area contributed by atoms with Crippen molar-refractivity contribution >= 4 is 40.0 Å². The summed E-state index contributed by atoms with van der Waals surface area (Å²) in [7, 11) is 1.33. The summed E-state index contributed by atoms with van der Waals surface area (Å²) in [5.74, 6) is -0.514. The Bertz CT molecular complexity index is 649. The summed E-state index contributed by atoms with van der Waals surface area (Å²) in [5, 5.41) is 0. The van der Waals surface area contributed by atoms with E-state index in [4.69, 9.17) is 4.74 Å². The molecule has 5 heteroatoms. The number of allylic oxidation sites excluding steroid dienone is 3. The number of fused-ring (bicyclic) bond motifs is 1. The molecule has 0 aliphatic carbocycles. The van der Waals surface area contributed by atoms with Crippen molar-refractivity contribution in [3.8, 4) is 0 Å². The largest absolute Gasteiger partial charge is 0.468 e. The predicted octanol–water partition coefficient (Wildman–Crippen LogP) is 2.97. The van der Waals surface area contributed by atoms with E-state index in [0.717, 1.165) is 26.8 Å². The molecule has 116 valence electrons. The van der Waals surface area contributed by atoms with Crippen molar-refractivity contribution in [2.24, 2.45) is 0 Å². The lowest BCUT2D eigenvalue weighted by atomic mass is 9.98. The molecule has 0 spiro atoms. The molecule has 1 heterocycles. The molecule has 0 unspecified atom stereocenters. The highest BCUT2D eigenvalue weighted by atomic mass is 127. The summed E-state index contributed by atoms with van der Waals surface area (Å²) >= 11 is 2.29. The van der Waals surface area contributed by atoms with E-state index in [9.17, 15) is 9.59 Å². The van der Waals surface area contributed by atoms with Gasteiger partial charge in [-0.1, -0.05) is 52.9 Å². The first kappa shape index (κ1) is 16.7. The highest BCUT2D eigenvalue weighted by Crippen LogP contribution is 2.31. The zero-order valence-electron chi connectivity index (χ0n) is 12.6. The van der Waals surface area contributed by atoms with Crippen molar-refractivity contribution in [2.75, 3.05) is 18.1 Å². The van der Waals surface area contributed by atoms with Gasteiger partial charge in [0.15, 0.2) is 0 Å². The van der Waals surface area contributed by atoms with Gasteiger partial charge in [-0.05, 0) is 29.7 Å². The molecule has 0 atom stereocenters. The number of methoxy groups -OCH3 is 1. The van der Waals surface area contributed by atoms with Crippen LogP contribution in [0.15, 0.2) is 42.1 Å². The summed E-state index contributed by atoms with van der Waals surface area (Å²) in [4.78, 5) is 25.8. The molecule has 4 nitrogen and oxygen atoms in total. The number of ether oxygens (including phenoxy) is 1. The molecule has 0 saturated carbocycles. The maximum Gasteiger partial charge on any atom is 0.325 e. The average Bonchev–Trinajstić information content (AvgIpc) is 2.63. The minimum atomic E-state index is -0.422. The molecule has 1 aromatic rings. The van der Waals surface area contributed by atoms with Gasteiger partial charge in [-0.15, -0.1) is 0 Å². The first-order chi connectivity index (χ1) is 10.6. The molecule has 2 rings (SSSR count). The van der Waals surface area contributed by atoms with Gasteiger partial charge in [-0.2, -0.15) is 0 Å². The molecule has 0 fully saturated rings. The topological polar surface area (TPSA) is 46.6 Å². The lowest BCUT2D eigenvalue weighted by Crippen LogP contribution is -2.35. The van der Waals surface area contributed by atoms with E-state index in [0.29, 0.717) is 0 Å². The maximum absolute atomic E-state index is 12.6. The molecule has 0 bridgehead atoms. The number of halogens is 1. The highest BCUT2D eigenvalue weighted by Gasteiger charge is 2.27. The monoisotopic (exact) mass is 411 g/mol. The number of hydrogen-bond acceptors (Lipinski definition) is 3. The third-order valence-electron chi connectivity index (χ3n) is 3.56. The van der Waals surface area contributed by atoms with Crippen LogP contribution in [0.3, 0.4) is 0 Å². The predicted molar refractivity (Wildman–Crippen MR) is 94.5 cm³/mol. The van der Waals surface area contributed by atoms with Crippen LogP contribution in [0.2, 0.25) is 0 Å². The minimum Gasteiger partial charge on any atom is -0.468 e. The number of amides is 1. The van der Waals surface area contributed by atoms with E-state index in [-0.39, 0.29) is 18.9 Å². The quantitative estimate of drug-likeness (QED) is 0.435. The molecule has 1 aromatic carbocycles. The Morgan fingerprint density at radius 3 is 2.77 bits per heavy atom. The van der Waals surface area contributed by atoms with E-state index < -0.39 is 5.97 Å². The van der Waals surface area contributed by atoms with Crippen molar-refractivity contribution in [1.29, 1.82) is 0 Å². The average molecular weight is 411 g/mol. The second kappa shape index (κ2) is 7.58. The first-order valence-corrected chi connectivity index (χ1v) is 8.52. The summed E-state index contributed by atoms with van der Waals surface area (Å²) in [5.41, 5.74) is 3.90. The number of carbonyl (C=O) groups is 2. The van der Waals surface area contributed by atoms with Gasteiger partial charge in [0.25, 0.3) is 0 Å². The van der Waals surface area contributed by atoms with Crippen molar-refractivity contribution in [1.82, 2.24) is 4.90 Å². The molecule has 0 N–H and O–H groups in total. The maximum atomic E-state index is 12.6. The van der Waals surface area contributed by atoms with E-state index in [1.165, 1.54) is 12.0 Å². The molecule has 1 amide bonds. The smallest absolute Gasteiger partial charge is 0.325 e. The van der Waals surface area contributed by atoms with Gasteiger partial charge in [0.05, 0.1) is 13.5 Å². The molecule has 1 aliphatic rings. The summed E-state index contributed by atoms with van der Waals surface area (Å²) in [6, 6.07) is 7.90. The van der Waals surface area contributed by atoms with Gasteiger partial charge in [-0.3, -0.25) is 9.59 Å². The number of carbonyl (C=O) groups excluding carboxylic acids is 2. The summed E-state index contributed by atoms with van der Waals surface area (Å²) in [6.45, 7) is 1.83. The zero-order chi connectivity index (χ0) is 16.1. The molecule has 1 aliphatic heterocycles. The SMILES string of the molecule is C/C=C\C1=C(CI)c2ccccc2CC(=O)N1CC(=O)OC. The van der Waals surface area contributed by atoms with Crippen LogP contribution in [-0.4, -0.2) is 34.9 Å². The lowest BCUT2D eigenvalue weighted by molar-refractivity contribution is -0.145. The van der Waals surface area contributed by atoms with Crippen LogP contribution in [0.1, 0.15) is 18.1 Å². The van der Waals surface area contributed by atoms with Crippen LogP contribution in [-0.2, 0) is 20.7 Å². The van der Waals surface area contributed by atoms with Crippen LogP contribution >= 0.6 is 22.6 Å². The van der Waals surface area contributed by atoms with E-state index in [2.05, 4.69) is 22.6 Å². The Hall–Kier alpha value is -1.63. The molecule has 0 saturated heterocycles. The number of nitrogens with zero attached hydrogens (tertiary/aromatic N) is 1. The highest BCUT2D eigenvalue weighted by molar-refractivity contribution is 14.1. The van der Waals surface area contributed by atoms with Gasteiger partial charge in [0, 0.05) is 10.1 Å². The number of rotatable bonds is 4. The van der Waals surface area contributed by atoms with E-state index >= 15 is 0 Å². The van der Waals surface area contributed by atoms with Gasteiger partial charge in [0.1, 0.15) is 6.54 Å². The van der Waals surface area contributed by atoms with Gasteiger partial charge in [0.2, 0.25) is 5.91 Å². The van der Waals surface area contributed by atoms with Crippen LogP contribution in [0.5, 0.6) is 0 Å². The first-order valence-electron chi connectivity index (χ1n) is 6.99. The zero-order valence-corrected chi connectivity index (χ0v) is 14.8. The van der Waals surface area contributed by atoms with Crippen molar-refractivity contribution in [3.05, 3.63) is 53.2 Å². The summed E-state index contributed by atoms with van der Waals surface area (Å²) < 4.78 is 5.48. The van der Waals surface area contributed by atoms with Crippen LogP contribution < -0.4 is 0 Å². The number of hydrogen-bond donors (Lipinski definition) is 0. The molecule has 0 aromatic heterocycles. The second-order valence-electron chi connectivity index (χ2n) is 4.89. The van der Waals surface area contributed by atoms with E-state index in [1.807, 2.05) is 43.3 Å². The molecule has 22 heavy (non-hydrogen) atoms. The second-order valence-corrected chi connectivity index (χ2v) is 5.65. The molecule has 0 radical (unpaired) electrons. The fourth-order valence-corrected chi connectivity index (χ4v) is 3.32. The Morgan fingerprint density at radius 2 is 2.14 bits per heavy atom. The third-order valence-corrected chi connectivity index (χ3v) is 4.32. The standard InChI is InChI=1S/C17H18INO3/c1-3-6-15-14(10-18)13-8-5-4-7-12(13)9-16(20)19(15)11-17(21)22-2/h3-8H,9-11H2,1-2H3/b6-3-. The summed E-state index contributed by atoms with van der Waals surface area (Å²) in [6.07, 6.45) is 4.05. The number of alkyl halides is 1. The fraction of sp³-hybridized carbons (Fsp3) is 0.294. The lowest BCUT2D eigenvalue weighted by Gasteiger charge is -2.23. The minimum absolute atomic E-state index is 0.0663. The Kier molecular flexibility index (Phi) is 5.76. The van der Waals surface area contributed by atoms with E-state index in [1.54, 1.807) is 0 Å². The van der Waals surface area contributed by atoms with Crippen molar-refractivity contribution < 1.29 is 14.3 Å². The van der Waals surface area contributed by atoms with Crippen molar-refractivity contribution in [2.45, 2.75) is 13.3 Å². The van der Waals surface area contributed by atoms with Crippen molar-refractivity contribution in [3.63, 3.8) is 0 Å². The molecular weight excluding hydrogens is 393 g/mol. The van der Waals surface area contributed by atoms with Gasteiger partial charge in [-0.25, -0.2) is 0 Å². The Morgan fingerprint density at radius 1 is 1.41 bits per heavy atom. The number of esters is 1. The third kappa shape index (κ3) is 3.40. The van der Waals surface area contributed by atoms with Gasteiger partial charge >= 0.3 is 5.97 Å². The Balaban J connectivity index is 2.61. The van der Waals surface area contributed by atoms with Crippen LogP contribution in [0.25, 0.3) is 5.57 Å². The van der Waals surface area contributed by atoms with Crippen LogP contribution in [0, 0.1) is 0 Å². The fourth-order valence-electron chi connectivity index (χ4n) is 2.52. The van der Waals surface area contributed by atoms with Gasteiger partial charge < -0.3 is 9.64 Å². The molecular formula is C17H18INO3. The normalized spacial score (nSPS) is 15.0. The van der Waals surface area contributed by atoms with Crippen LogP contribution in [0.4, 0.5) is 0 Å².